The molecule has 0 saturated carbocycles. The normalized spacial score (nSPS) is 23.5. The first-order valence-corrected chi connectivity index (χ1v) is 4.30. The molecule has 1 heterocycles. The fraction of sp³-hybridized carbons (Fsp3) is 0.800. The van der Waals surface area contributed by atoms with E-state index in [4.69, 9.17) is 0 Å². The third kappa shape index (κ3) is 1.64. The minimum absolute atomic E-state index is 0.207. The van der Waals surface area contributed by atoms with Gasteiger partial charge in [-0.3, -0.25) is 0 Å². The first-order chi connectivity index (χ1) is 4.84. The van der Waals surface area contributed by atoms with Gasteiger partial charge in [-0.1, -0.05) is 26.8 Å². The maximum absolute atomic E-state index is 3.46. The van der Waals surface area contributed by atoms with Gasteiger partial charge in [-0.05, 0) is 24.8 Å². The Morgan fingerprint density at radius 1 is 1.36 bits per heavy atom. The zero-order valence-corrected chi connectivity index (χ0v) is 8.28. The summed E-state index contributed by atoms with van der Waals surface area (Å²) in [6, 6.07) is 0. The van der Waals surface area contributed by atoms with Crippen LogP contribution in [0.5, 0.6) is 0 Å². The molecule has 0 saturated heterocycles. The monoisotopic (exact) mass is 153 g/mol. The Balaban J connectivity index is 2.89. The molecule has 0 aromatic carbocycles. The van der Waals surface area contributed by atoms with Crippen LogP contribution in [-0.4, -0.2) is 12.1 Å². The summed E-state index contributed by atoms with van der Waals surface area (Å²) in [4.78, 5) is 0. The predicted molar refractivity (Wildman–Crippen MR) is 49.6 cm³/mol. The van der Waals surface area contributed by atoms with Gasteiger partial charge in [0.1, 0.15) is 0 Å². The molecule has 1 heteroatoms. The van der Waals surface area contributed by atoms with Crippen molar-refractivity contribution in [2.75, 3.05) is 6.54 Å². The highest BCUT2D eigenvalue weighted by molar-refractivity contribution is 5.28. The first kappa shape index (κ1) is 8.79. The molecule has 0 bridgehead atoms. The van der Waals surface area contributed by atoms with Crippen molar-refractivity contribution in [1.29, 1.82) is 0 Å². The van der Waals surface area contributed by atoms with Crippen molar-refractivity contribution in [3.05, 3.63) is 11.6 Å². The smallest absolute Gasteiger partial charge is 0.0345 e. The van der Waals surface area contributed by atoms with Crippen LogP contribution in [0.3, 0.4) is 0 Å². The molecule has 1 N–H and O–H groups in total. The molecule has 11 heavy (non-hydrogen) atoms. The molecule has 0 aliphatic carbocycles. The lowest BCUT2D eigenvalue weighted by Crippen LogP contribution is -2.39. The van der Waals surface area contributed by atoms with E-state index in [1.165, 1.54) is 5.57 Å². The number of nitrogens with one attached hydrogen (secondary N) is 1. The van der Waals surface area contributed by atoms with Crippen LogP contribution in [0.15, 0.2) is 11.6 Å². The number of hydrogen-bond acceptors (Lipinski definition) is 1. The van der Waals surface area contributed by atoms with Crippen molar-refractivity contribution in [3.8, 4) is 0 Å². The average molecular weight is 153 g/mol. The maximum Gasteiger partial charge on any atom is 0.0345 e. The highest BCUT2D eigenvalue weighted by Gasteiger charge is 2.33. The maximum atomic E-state index is 3.46. The standard InChI is InChI=1S/C10H19N/c1-9(2,3)8-6-7-11-10(8,4)5/h6,11H,7H2,1-5H3. The minimum Gasteiger partial charge on any atom is -0.305 e. The SMILES string of the molecule is CC(C)(C)C1=CCNC1(C)C. The van der Waals surface area contributed by atoms with Crippen LogP contribution in [-0.2, 0) is 0 Å². The zero-order valence-electron chi connectivity index (χ0n) is 8.28. The van der Waals surface area contributed by atoms with Crippen LogP contribution < -0.4 is 5.32 Å². The molecule has 0 aromatic rings. The molecule has 0 radical (unpaired) electrons. The molecule has 0 fully saturated rings. The predicted octanol–water partition coefficient (Wildman–Crippen LogP) is 2.34. The van der Waals surface area contributed by atoms with Crippen molar-refractivity contribution in [1.82, 2.24) is 5.32 Å². The molecule has 0 spiro atoms. The minimum atomic E-state index is 0.207. The number of hydrogen-bond donors (Lipinski definition) is 1. The Morgan fingerprint density at radius 2 is 1.91 bits per heavy atom. The van der Waals surface area contributed by atoms with Crippen LogP contribution in [0.1, 0.15) is 34.6 Å². The zero-order chi connectivity index (χ0) is 8.70. The summed E-state index contributed by atoms with van der Waals surface area (Å²) in [6.45, 7) is 12.3. The van der Waals surface area contributed by atoms with Crippen LogP contribution in [0.2, 0.25) is 0 Å². The Labute approximate surface area is 69.9 Å². The van der Waals surface area contributed by atoms with Crippen molar-refractivity contribution in [2.45, 2.75) is 40.2 Å². The summed E-state index contributed by atoms with van der Waals surface area (Å²) >= 11 is 0. The molecule has 1 rings (SSSR count). The number of rotatable bonds is 0. The summed E-state index contributed by atoms with van der Waals surface area (Å²) in [6.07, 6.45) is 2.32. The van der Waals surface area contributed by atoms with Crippen molar-refractivity contribution < 1.29 is 0 Å². The fourth-order valence-electron chi connectivity index (χ4n) is 2.00. The Morgan fingerprint density at radius 3 is 2.09 bits per heavy atom. The van der Waals surface area contributed by atoms with Crippen molar-refractivity contribution in [3.63, 3.8) is 0 Å². The Bertz CT molecular complexity index is 182. The van der Waals surface area contributed by atoms with Gasteiger partial charge in [0.25, 0.3) is 0 Å². The third-order valence-electron chi connectivity index (χ3n) is 2.33. The van der Waals surface area contributed by atoms with Crippen LogP contribution in [0.25, 0.3) is 0 Å². The van der Waals surface area contributed by atoms with E-state index in [1.54, 1.807) is 0 Å². The van der Waals surface area contributed by atoms with E-state index in [0.717, 1.165) is 6.54 Å². The average Bonchev–Trinajstić information content (AvgIpc) is 2.06. The molecule has 1 nitrogen and oxygen atoms in total. The summed E-state index contributed by atoms with van der Waals surface area (Å²) < 4.78 is 0. The lowest BCUT2D eigenvalue weighted by atomic mass is 9.77. The van der Waals surface area contributed by atoms with Gasteiger partial charge in [-0.25, -0.2) is 0 Å². The summed E-state index contributed by atoms with van der Waals surface area (Å²) in [7, 11) is 0. The lowest BCUT2D eigenvalue weighted by Gasteiger charge is -2.32. The van der Waals surface area contributed by atoms with E-state index in [-0.39, 0.29) is 5.54 Å². The molecular formula is C10H19N. The van der Waals surface area contributed by atoms with E-state index in [0.29, 0.717) is 5.41 Å². The topological polar surface area (TPSA) is 12.0 Å². The molecule has 0 atom stereocenters. The second-order valence-corrected chi connectivity index (χ2v) is 4.87. The van der Waals surface area contributed by atoms with Gasteiger partial charge in [0, 0.05) is 12.1 Å². The van der Waals surface area contributed by atoms with E-state index in [2.05, 4.69) is 46.0 Å². The van der Waals surface area contributed by atoms with Gasteiger partial charge < -0.3 is 5.32 Å². The van der Waals surface area contributed by atoms with Gasteiger partial charge in [-0.2, -0.15) is 0 Å². The van der Waals surface area contributed by atoms with Gasteiger partial charge in [0.05, 0.1) is 0 Å². The highest BCUT2D eigenvalue weighted by atomic mass is 15.0. The third-order valence-corrected chi connectivity index (χ3v) is 2.33. The molecular weight excluding hydrogens is 134 g/mol. The molecule has 64 valence electrons. The Hall–Kier alpha value is -0.300. The quantitative estimate of drug-likeness (QED) is 0.527. The van der Waals surface area contributed by atoms with Crippen LogP contribution in [0, 0.1) is 5.41 Å². The molecule has 0 amide bonds. The van der Waals surface area contributed by atoms with Gasteiger partial charge in [-0.15, -0.1) is 0 Å². The Kier molecular flexibility index (Phi) is 1.87. The van der Waals surface area contributed by atoms with Gasteiger partial charge in [0.15, 0.2) is 0 Å². The lowest BCUT2D eigenvalue weighted by molar-refractivity contribution is 0.389. The first-order valence-electron chi connectivity index (χ1n) is 4.30. The molecule has 0 unspecified atom stereocenters. The summed E-state index contributed by atoms with van der Waals surface area (Å²) in [5.41, 5.74) is 2.05. The second kappa shape index (κ2) is 2.34. The second-order valence-electron chi connectivity index (χ2n) is 4.87. The van der Waals surface area contributed by atoms with E-state index < -0.39 is 0 Å². The summed E-state index contributed by atoms with van der Waals surface area (Å²) in [5, 5.41) is 3.46. The van der Waals surface area contributed by atoms with Gasteiger partial charge in [0.2, 0.25) is 0 Å². The van der Waals surface area contributed by atoms with Crippen molar-refractivity contribution >= 4 is 0 Å². The highest BCUT2D eigenvalue weighted by Crippen LogP contribution is 2.35. The summed E-state index contributed by atoms with van der Waals surface area (Å²) in [5.74, 6) is 0. The van der Waals surface area contributed by atoms with Crippen LogP contribution in [0.4, 0.5) is 0 Å². The molecule has 0 aromatic heterocycles. The van der Waals surface area contributed by atoms with Gasteiger partial charge >= 0.3 is 0 Å². The fourth-order valence-corrected chi connectivity index (χ4v) is 2.00. The van der Waals surface area contributed by atoms with E-state index >= 15 is 0 Å². The van der Waals surface area contributed by atoms with Crippen LogP contribution >= 0.6 is 0 Å². The van der Waals surface area contributed by atoms with Crippen molar-refractivity contribution in [2.24, 2.45) is 5.41 Å². The molecule has 1 aliphatic heterocycles. The van der Waals surface area contributed by atoms with E-state index in [9.17, 15) is 0 Å². The van der Waals surface area contributed by atoms with E-state index in [1.807, 2.05) is 0 Å². The largest absolute Gasteiger partial charge is 0.305 e. The molecule has 1 aliphatic rings.